The second-order valence-electron chi connectivity index (χ2n) is 6.31. The lowest BCUT2D eigenvalue weighted by atomic mass is 9.87. The van der Waals surface area contributed by atoms with Gasteiger partial charge in [0.2, 0.25) is 0 Å². The molecule has 0 amide bonds. The molecule has 3 aliphatic rings. The van der Waals surface area contributed by atoms with Crippen molar-refractivity contribution in [2.45, 2.75) is 12.1 Å². The van der Waals surface area contributed by atoms with Gasteiger partial charge in [-0.25, -0.2) is 0 Å². The quantitative estimate of drug-likeness (QED) is 0.682. The van der Waals surface area contributed by atoms with E-state index in [0.717, 1.165) is 28.3 Å². The Kier molecular flexibility index (Phi) is 3.14. The summed E-state index contributed by atoms with van der Waals surface area (Å²) in [5, 5.41) is 0. The number of ether oxygens (including phenoxy) is 2. The lowest BCUT2D eigenvalue weighted by Gasteiger charge is -2.26. The summed E-state index contributed by atoms with van der Waals surface area (Å²) in [6.07, 6.45) is -0.190. The fraction of sp³-hybridized carbons (Fsp3) is 0.136. The number of para-hydroxylation sites is 1. The van der Waals surface area contributed by atoms with E-state index in [0.29, 0.717) is 0 Å². The van der Waals surface area contributed by atoms with E-state index < -0.39 is 0 Å². The van der Waals surface area contributed by atoms with E-state index in [4.69, 9.17) is 14.5 Å². The van der Waals surface area contributed by atoms with Gasteiger partial charge in [-0.2, -0.15) is 0 Å². The maximum atomic E-state index is 6.44. The SMILES string of the molecule is COc1ccc(C2=NC3c4ccccc4OC2c2ccccc23)cc1. The van der Waals surface area contributed by atoms with Crippen LogP contribution in [0, 0.1) is 0 Å². The molecule has 0 N–H and O–H groups in total. The molecule has 0 saturated heterocycles. The molecule has 2 bridgehead atoms. The summed E-state index contributed by atoms with van der Waals surface area (Å²) < 4.78 is 11.7. The zero-order chi connectivity index (χ0) is 16.8. The summed E-state index contributed by atoms with van der Waals surface area (Å²) in [4.78, 5) is 5.10. The predicted octanol–water partition coefficient (Wildman–Crippen LogP) is 4.72. The van der Waals surface area contributed by atoms with Crippen molar-refractivity contribution in [3.05, 3.63) is 95.1 Å². The lowest BCUT2D eigenvalue weighted by Crippen LogP contribution is -2.24. The van der Waals surface area contributed by atoms with Gasteiger partial charge in [-0.1, -0.05) is 42.5 Å². The first-order chi connectivity index (χ1) is 12.3. The molecule has 3 aliphatic heterocycles. The molecule has 122 valence electrons. The van der Waals surface area contributed by atoms with Crippen LogP contribution in [0.1, 0.15) is 34.4 Å². The minimum Gasteiger partial charge on any atom is -0.497 e. The van der Waals surface area contributed by atoms with Gasteiger partial charge in [0.05, 0.1) is 12.8 Å². The lowest BCUT2D eigenvalue weighted by molar-refractivity contribution is 0.275. The van der Waals surface area contributed by atoms with Crippen LogP contribution >= 0.6 is 0 Å². The average molecular weight is 327 g/mol. The fourth-order valence-corrected chi connectivity index (χ4v) is 3.71. The van der Waals surface area contributed by atoms with Crippen LogP contribution in [0.4, 0.5) is 0 Å². The molecule has 0 aromatic heterocycles. The zero-order valence-electron chi connectivity index (χ0n) is 13.8. The zero-order valence-corrected chi connectivity index (χ0v) is 13.8. The number of benzene rings is 3. The standard InChI is InChI=1S/C22H17NO2/c1-24-15-12-10-14(11-13-15)20-22-17-7-3-2-6-16(17)21(23-20)18-8-4-5-9-19(18)25-22/h2-13,21-22H,1H3. The first-order valence-electron chi connectivity index (χ1n) is 8.41. The minimum absolute atomic E-state index is 0.0248. The van der Waals surface area contributed by atoms with Gasteiger partial charge in [-0.15, -0.1) is 0 Å². The summed E-state index contributed by atoms with van der Waals surface area (Å²) in [5.74, 6) is 1.76. The van der Waals surface area contributed by atoms with E-state index in [1.165, 1.54) is 11.1 Å². The molecule has 3 aromatic carbocycles. The molecule has 0 saturated carbocycles. The Hall–Kier alpha value is -3.07. The molecular formula is C22H17NO2. The second-order valence-corrected chi connectivity index (χ2v) is 6.31. The summed E-state index contributed by atoms with van der Waals surface area (Å²) in [6.45, 7) is 0. The summed E-state index contributed by atoms with van der Waals surface area (Å²) in [5.41, 5.74) is 5.60. The maximum Gasteiger partial charge on any atom is 0.166 e. The van der Waals surface area contributed by atoms with Crippen molar-refractivity contribution < 1.29 is 9.47 Å². The van der Waals surface area contributed by atoms with Crippen LogP contribution in [-0.4, -0.2) is 12.8 Å². The number of methoxy groups -OCH3 is 1. The minimum atomic E-state index is -0.190. The van der Waals surface area contributed by atoms with Crippen LogP contribution in [0.25, 0.3) is 0 Å². The molecule has 3 heteroatoms. The van der Waals surface area contributed by atoms with E-state index in [-0.39, 0.29) is 12.1 Å². The highest BCUT2D eigenvalue weighted by molar-refractivity contribution is 6.06. The van der Waals surface area contributed by atoms with Crippen molar-refractivity contribution in [3.8, 4) is 11.5 Å². The monoisotopic (exact) mass is 327 g/mol. The molecule has 0 radical (unpaired) electrons. The highest BCUT2D eigenvalue weighted by Gasteiger charge is 2.37. The molecule has 25 heavy (non-hydrogen) atoms. The van der Waals surface area contributed by atoms with Crippen molar-refractivity contribution in [1.29, 1.82) is 0 Å². The Labute approximate surface area is 146 Å². The third kappa shape index (κ3) is 2.16. The Morgan fingerprint density at radius 1 is 0.800 bits per heavy atom. The molecule has 0 fully saturated rings. The number of nitrogens with zero attached hydrogens (tertiary/aromatic N) is 1. The Bertz CT molecular complexity index is 964. The van der Waals surface area contributed by atoms with Crippen LogP contribution in [0.2, 0.25) is 0 Å². The third-order valence-corrected chi connectivity index (χ3v) is 4.93. The molecule has 0 spiro atoms. The average Bonchev–Trinajstić information content (AvgIpc) is 2.93. The van der Waals surface area contributed by atoms with Crippen LogP contribution < -0.4 is 9.47 Å². The van der Waals surface area contributed by atoms with Gasteiger partial charge in [0.25, 0.3) is 0 Å². The molecule has 3 nitrogen and oxygen atoms in total. The first kappa shape index (κ1) is 14.3. The molecule has 2 unspecified atom stereocenters. The van der Waals surface area contributed by atoms with Gasteiger partial charge in [0.1, 0.15) is 17.5 Å². The smallest absolute Gasteiger partial charge is 0.166 e. The Morgan fingerprint density at radius 2 is 1.48 bits per heavy atom. The summed E-state index contributed by atoms with van der Waals surface area (Å²) in [6, 6.07) is 24.7. The van der Waals surface area contributed by atoms with Gasteiger partial charge in [-0.05, 0) is 41.5 Å². The van der Waals surface area contributed by atoms with Gasteiger partial charge in [0, 0.05) is 11.1 Å². The highest BCUT2D eigenvalue weighted by Crippen LogP contribution is 2.47. The van der Waals surface area contributed by atoms with Gasteiger partial charge in [0.15, 0.2) is 6.10 Å². The van der Waals surface area contributed by atoms with E-state index in [9.17, 15) is 0 Å². The molecule has 0 aliphatic carbocycles. The van der Waals surface area contributed by atoms with E-state index in [2.05, 4.69) is 42.5 Å². The fourth-order valence-electron chi connectivity index (χ4n) is 3.71. The van der Waals surface area contributed by atoms with Crippen molar-refractivity contribution in [3.63, 3.8) is 0 Å². The van der Waals surface area contributed by atoms with Crippen LogP contribution in [-0.2, 0) is 0 Å². The van der Waals surface area contributed by atoms with Crippen LogP contribution in [0.15, 0.2) is 77.8 Å². The third-order valence-electron chi connectivity index (χ3n) is 4.93. The normalized spacial score (nSPS) is 20.0. The highest BCUT2D eigenvalue weighted by atomic mass is 16.5. The number of aliphatic imine (C=N–C) groups is 1. The number of hydrogen-bond acceptors (Lipinski definition) is 3. The Morgan fingerprint density at radius 3 is 2.24 bits per heavy atom. The second kappa shape index (κ2) is 5.49. The van der Waals surface area contributed by atoms with Gasteiger partial charge < -0.3 is 9.47 Å². The molecule has 6 rings (SSSR count). The van der Waals surface area contributed by atoms with E-state index >= 15 is 0 Å². The summed E-state index contributed by atoms with van der Waals surface area (Å²) in [7, 11) is 1.68. The molecule has 3 aromatic rings. The molecule has 2 atom stereocenters. The largest absolute Gasteiger partial charge is 0.497 e. The van der Waals surface area contributed by atoms with Gasteiger partial charge in [-0.3, -0.25) is 4.99 Å². The number of rotatable bonds is 2. The molecule has 3 heterocycles. The summed E-state index contributed by atoms with van der Waals surface area (Å²) >= 11 is 0. The van der Waals surface area contributed by atoms with Crippen LogP contribution in [0.3, 0.4) is 0 Å². The first-order valence-corrected chi connectivity index (χ1v) is 8.41. The maximum absolute atomic E-state index is 6.44. The van der Waals surface area contributed by atoms with E-state index in [1.807, 2.05) is 30.3 Å². The predicted molar refractivity (Wildman–Crippen MR) is 97.6 cm³/mol. The molecular weight excluding hydrogens is 310 g/mol. The van der Waals surface area contributed by atoms with Crippen molar-refractivity contribution >= 4 is 5.71 Å². The van der Waals surface area contributed by atoms with Crippen molar-refractivity contribution in [2.24, 2.45) is 4.99 Å². The number of hydrogen-bond donors (Lipinski definition) is 0. The topological polar surface area (TPSA) is 30.8 Å². The van der Waals surface area contributed by atoms with Crippen LogP contribution in [0.5, 0.6) is 11.5 Å². The van der Waals surface area contributed by atoms with Crippen molar-refractivity contribution in [1.82, 2.24) is 0 Å². The van der Waals surface area contributed by atoms with E-state index in [1.54, 1.807) is 7.11 Å². The van der Waals surface area contributed by atoms with Crippen molar-refractivity contribution in [2.75, 3.05) is 7.11 Å². The Balaban J connectivity index is 1.71. The van der Waals surface area contributed by atoms with Gasteiger partial charge >= 0.3 is 0 Å².